The van der Waals surface area contributed by atoms with Crippen LogP contribution in [0.25, 0.3) is 6.08 Å². The van der Waals surface area contributed by atoms with Crippen LogP contribution in [0.1, 0.15) is 22.4 Å². The average molecular weight is 389 g/mol. The van der Waals surface area contributed by atoms with E-state index in [-0.39, 0.29) is 11.7 Å². The summed E-state index contributed by atoms with van der Waals surface area (Å²) in [6, 6.07) is 9.38. The van der Waals surface area contributed by atoms with Crippen LogP contribution in [0.4, 0.5) is 5.69 Å². The first-order valence-corrected chi connectivity index (χ1v) is 11.1. The first-order chi connectivity index (χ1) is 12.5. The van der Waals surface area contributed by atoms with E-state index in [2.05, 4.69) is 11.4 Å². The van der Waals surface area contributed by atoms with E-state index in [4.69, 9.17) is 0 Å². The van der Waals surface area contributed by atoms with Crippen molar-refractivity contribution in [2.45, 2.75) is 19.4 Å². The first-order valence-electron chi connectivity index (χ1n) is 8.66. The summed E-state index contributed by atoms with van der Waals surface area (Å²) in [5.41, 5.74) is 2.82. The molecule has 0 spiro atoms. The van der Waals surface area contributed by atoms with E-state index < -0.39 is 10.0 Å². The van der Waals surface area contributed by atoms with Crippen molar-refractivity contribution in [1.82, 2.24) is 4.90 Å². The number of hydrogen-bond acceptors (Lipinski definition) is 4. The normalized spacial score (nSPS) is 19.1. The Bertz CT molecular complexity index is 945. The Morgan fingerprint density at radius 1 is 1.12 bits per heavy atom. The van der Waals surface area contributed by atoms with Gasteiger partial charge in [0.15, 0.2) is 0 Å². The summed E-state index contributed by atoms with van der Waals surface area (Å²) in [5, 5.41) is 2.08. The van der Waals surface area contributed by atoms with Crippen molar-refractivity contribution in [3.63, 3.8) is 0 Å². The summed E-state index contributed by atoms with van der Waals surface area (Å²) >= 11 is 1.76. The molecule has 1 aromatic heterocycles. The maximum absolute atomic E-state index is 12.4. The molecule has 3 heterocycles. The van der Waals surface area contributed by atoms with Crippen molar-refractivity contribution in [1.29, 1.82) is 0 Å². The third kappa shape index (κ3) is 3.41. The first kappa shape index (κ1) is 17.3. The second-order valence-electron chi connectivity index (χ2n) is 6.55. The molecule has 2 aliphatic heterocycles. The molecule has 5 nitrogen and oxygen atoms in total. The van der Waals surface area contributed by atoms with Crippen molar-refractivity contribution in [3.05, 3.63) is 57.8 Å². The highest BCUT2D eigenvalue weighted by molar-refractivity contribution is 7.93. The van der Waals surface area contributed by atoms with E-state index in [0.717, 1.165) is 18.5 Å². The van der Waals surface area contributed by atoms with Gasteiger partial charge in [0.05, 0.1) is 11.4 Å². The molecule has 2 aromatic rings. The van der Waals surface area contributed by atoms with Crippen LogP contribution in [0.3, 0.4) is 0 Å². The topological polar surface area (TPSA) is 57.7 Å². The molecule has 1 fully saturated rings. The van der Waals surface area contributed by atoms with Crippen LogP contribution in [0, 0.1) is 0 Å². The molecule has 26 heavy (non-hydrogen) atoms. The lowest BCUT2D eigenvalue weighted by Gasteiger charge is -2.25. The smallest absolute Gasteiger partial charge is 0.246 e. The van der Waals surface area contributed by atoms with Crippen LogP contribution in [0.15, 0.2) is 41.8 Å². The Labute approximate surface area is 157 Å². The number of nitrogens with zero attached hydrogens (tertiary/aromatic N) is 2. The standard InChI is InChI=1S/C19H20N2O3S2/c22-19(20-11-8-18-16(14-20)9-12-25-18)7-4-15-2-5-17(6-3-15)21-10-1-13-26(21,23)24/h2-7,9,12H,1,8,10-11,13-14H2. The maximum Gasteiger partial charge on any atom is 0.246 e. The van der Waals surface area contributed by atoms with Gasteiger partial charge in [0.25, 0.3) is 0 Å². The molecule has 1 amide bonds. The van der Waals surface area contributed by atoms with Gasteiger partial charge in [0.2, 0.25) is 15.9 Å². The molecule has 0 bridgehead atoms. The fourth-order valence-corrected chi connectivity index (χ4v) is 5.84. The van der Waals surface area contributed by atoms with Crippen molar-refractivity contribution in [2.24, 2.45) is 0 Å². The lowest BCUT2D eigenvalue weighted by atomic mass is 10.1. The molecule has 1 aromatic carbocycles. The number of hydrogen-bond donors (Lipinski definition) is 0. The van der Waals surface area contributed by atoms with E-state index in [0.29, 0.717) is 25.2 Å². The number of amides is 1. The molecule has 136 valence electrons. The molecule has 0 aliphatic carbocycles. The number of thiophene rings is 1. The minimum Gasteiger partial charge on any atom is -0.334 e. The summed E-state index contributed by atoms with van der Waals surface area (Å²) in [6.45, 7) is 1.96. The highest BCUT2D eigenvalue weighted by atomic mass is 32.2. The summed E-state index contributed by atoms with van der Waals surface area (Å²) in [4.78, 5) is 15.7. The fourth-order valence-electron chi connectivity index (χ4n) is 3.39. The summed E-state index contributed by atoms with van der Waals surface area (Å²) in [6.07, 6.45) is 4.97. The predicted molar refractivity (Wildman–Crippen MR) is 105 cm³/mol. The molecular formula is C19H20N2O3S2. The van der Waals surface area contributed by atoms with Crippen LogP contribution in [-0.4, -0.2) is 38.1 Å². The average Bonchev–Trinajstić information content (AvgIpc) is 3.25. The van der Waals surface area contributed by atoms with Crippen molar-refractivity contribution in [2.75, 3.05) is 23.1 Å². The molecule has 4 rings (SSSR count). The van der Waals surface area contributed by atoms with Gasteiger partial charge in [-0.05, 0) is 53.6 Å². The molecule has 0 unspecified atom stereocenters. The number of carbonyl (C=O) groups excluding carboxylic acids is 1. The molecule has 1 saturated heterocycles. The van der Waals surface area contributed by atoms with E-state index >= 15 is 0 Å². The van der Waals surface area contributed by atoms with Crippen molar-refractivity contribution < 1.29 is 13.2 Å². The van der Waals surface area contributed by atoms with Gasteiger partial charge in [-0.25, -0.2) is 8.42 Å². The van der Waals surface area contributed by atoms with Crippen LogP contribution in [-0.2, 0) is 27.8 Å². The minimum absolute atomic E-state index is 0.00745. The van der Waals surface area contributed by atoms with Gasteiger partial charge in [-0.1, -0.05) is 12.1 Å². The molecule has 7 heteroatoms. The number of sulfonamides is 1. The van der Waals surface area contributed by atoms with Gasteiger partial charge < -0.3 is 4.90 Å². The van der Waals surface area contributed by atoms with Crippen LogP contribution in [0.5, 0.6) is 0 Å². The van der Waals surface area contributed by atoms with Crippen LogP contribution in [0.2, 0.25) is 0 Å². The predicted octanol–water partition coefficient (Wildman–Crippen LogP) is 2.89. The second kappa shape index (κ2) is 6.89. The number of fused-ring (bicyclic) bond motifs is 1. The zero-order valence-corrected chi connectivity index (χ0v) is 15.9. The number of rotatable bonds is 3. The molecule has 0 radical (unpaired) electrons. The number of benzene rings is 1. The number of anilines is 1. The van der Waals surface area contributed by atoms with Gasteiger partial charge in [-0.2, -0.15) is 0 Å². The highest BCUT2D eigenvalue weighted by Crippen LogP contribution is 2.25. The second-order valence-corrected chi connectivity index (χ2v) is 9.56. The minimum atomic E-state index is -3.16. The Kier molecular flexibility index (Phi) is 4.58. The fraction of sp³-hybridized carbons (Fsp3) is 0.316. The van der Waals surface area contributed by atoms with E-state index in [9.17, 15) is 13.2 Å². The molecular weight excluding hydrogens is 368 g/mol. The third-order valence-electron chi connectivity index (χ3n) is 4.82. The zero-order chi connectivity index (χ0) is 18.1. The van der Waals surface area contributed by atoms with E-state index in [1.165, 1.54) is 14.7 Å². The van der Waals surface area contributed by atoms with Crippen molar-refractivity contribution in [3.8, 4) is 0 Å². The lowest BCUT2D eigenvalue weighted by Crippen LogP contribution is -2.34. The molecule has 0 atom stereocenters. The summed E-state index contributed by atoms with van der Waals surface area (Å²) in [5.74, 6) is 0.221. The van der Waals surface area contributed by atoms with Gasteiger partial charge in [-0.15, -0.1) is 11.3 Å². The quantitative estimate of drug-likeness (QED) is 0.760. The molecule has 0 saturated carbocycles. The zero-order valence-electron chi connectivity index (χ0n) is 14.3. The Hall–Kier alpha value is -2.12. The van der Waals surface area contributed by atoms with Crippen LogP contribution < -0.4 is 4.31 Å². The van der Waals surface area contributed by atoms with E-state index in [1.807, 2.05) is 17.0 Å². The SMILES string of the molecule is O=C(C=Cc1ccc(N2CCCS2(=O)=O)cc1)N1CCc2sccc2C1. The summed E-state index contributed by atoms with van der Waals surface area (Å²) in [7, 11) is -3.16. The van der Waals surface area contributed by atoms with Gasteiger partial charge in [-0.3, -0.25) is 9.10 Å². The third-order valence-corrected chi connectivity index (χ3v) is 7.71. The van der Waals surface area contributed by atoms with Crippen molar-refractivity contribution >= 4 is 39.0 Å². The lowest BCUT2D eigenvalue weighted by molar-refractivity contribution is -0.126. The van der Waals surface area contributed by atoms with Crippen LogP contribution >= 0.6 is 11.3 Å². The number of carbonyl (C=O) groups is 1. The Morgan fingerprint density at radius 3 is 2.65 bits per heavy atom. The Morgan fingerprint density at radius 2 is 1.92 bits per heavy atom. The van der Waals surface area contributed by atoms with E-state index in [1.54, 1.807) is 35.6 Å². The largest absolute Gasteiger partial charge is 0.334 e. The Balaban J connectivity index is 1.42. The van der Waals surface area contributed by atoms with Gasteiger partial charge in [0.1, 0.15) is 0 Å². The highest BCUT2D eigenvalue weighted by Gasteiger charge is 2.28. The monoisotopic (exact) mass is 388 g/mol. The molecule has 0 N–H and O–H groups in total. The van der Waals surface area contributed by atoms with Gasteiger partial charge in [0, 0.05) is 30.6 Å². The molecule has 2 aliphatic rings. The summed E-state index contributed by atoms with van der Waals surface area (Å²) < 4.78 is 25.4. The maximum atomic E-state index is 12.4. The van der Waals surface area contributed by atoms with Gasteiger partial charge >= 0.3 is 0 Å².